The molecule has 1 fully saturated rings. The summed E-state index contributed by atoms with van der Waals surface area (Å²) in [6, 6.07) is 2.62. The number of amides is 1. The van der Waals surface area contributed by atoms with Crippen LogP contribution in [0.2, 0.25) is 10.0 Å². The molecule has 6 nitrogen and oxygen atoms in total. The van der Waals surface area contributed by atoms with E-state index in [-0.39, 0.29) is 38.7 Å². The molecule has 1 aromatic carbocycles. The van der Waals surface area contributed by atoms with Gasteiger partial charge in [-0.1, -0.05) is 23.2 Å². The molecule has 10 heteroatoms. The van der Waals surface area contributed by atoms with Crippen LogP contribution in [0, 0.1) is 5.21 Å². The Hall–Kier alpha value is -2.32. The van der Waals surface area contributed by atoms with Gasteiger partial charge in [-0.25, -0.2) is 0 Å². The highest BCUT2D eigenvalue weighted by molar-refractivity contribution is 6.39. The first-order chi connectivity index (χ1) is 12.8. The summed E-state index contributed by atoms with van der Waals surface area (Å²) in [4.78, 5) is 12.7. The van der Waals surface area contributed by atoms with E-state index in [1.165, 1.54) is 19.2 Å². The zero-order valence-electron chi connectivity index (χ0n) is 14.0. The van der Waals surface area contributed by atoms with Crippen molar-refractivity contribution in [2.75, 3.05) is 12.4 Å². The maximum Gasteiger partial charge on any atom is 0.387 e. The zero-order chi connectivity index (χ0) is 19.7. The molecule has 0 atom stereocenters. The minimum absolute atomic E-state index is 0.0234. The third-order valence-corrected chi connectivity index (χ3v) is 4.58. The molecule has 0 bridgehead atoms. The monoisotopic (exact) mass is 418 g/mol. The van der Waals surface area contributed by atoms with Crippen molar-refractivity contribution >= 4 is 34.8 Å². The van der Waals surface area contributed by atoms with E-state index in [0.717, 1.165) is 25.2 Å². The van der Waals surface area contributed by atoms with Gasteiger partial charge in [0.15, 0.2) is 0 Å². The van der Waals surface area contributed by atoms with Gasteiger partial charge >= 0.3 is 6.61 Å². The molecule has 27 heavy (non-hydrogen) atoms. The van der Waals surface area contributed by atoms with Crippen LogP contribution in [0.5, 0.6) is 11.5 Å². The highest BCUT2D eigenvalue weighted by atomic mass is 35.5. The Morgan fingerprint density at radius 3 is 2.44 bits per heavy atom. The first-order valence-electron chi connectivity index (χ1n) is 7.86. The number of carbonyl (C=O) groups excluding carboxylic acids is 1. The second-order valence-corrected chi connectivity index (χ2v) is 6.67. The number of alkyl halides is 2. The zero-order valence-corrected chi connectivity index (χ0v) is 15.5. The van der Waals surface area contributed by atoms with Crippen molar-refractivity contribution in [3.05, 3.63) is 50.9 Å². The van der Waals surface area contributed by atoms with E-state index in [1.807, 2.05) is 0 Å². The lowest BCUT2D eigenvalue weighted by atomic mass is 10.0. The average molecular weight is 419 g/mol. The summed E-state index contributed by atoms with van der Waals surface area (Å²) in [5.41, 5.74) is 0.582. The van der Waals surface area contributed by atoms with Gasteiger partial charge in [0.2, 0.25) is 12.4 Å². The standard InChI is InChI=1S/C17H14Cl2F2N2O4/c1-26-15-9(4-5-12(27-17(20)21)13(15)8-2-3-8)16(24)22-14-10(18)6-23(25)7-11(14)19/h4-8,17H,2-3H2,1H3,(H,22,24). The fourth-order valence-corrected chi connectivity index (χ4v) is 3.28. The summed E-state index contributed by atoms with van der Waals surface area (Å²) in [5, 5.41) is 13.7. The second-order valence-electron chi connectivity index (χ2n) is 5.85. The number of carbonyl (C=O) groups is 1. The van der Waals surface area contributed by atoms with Gasteiger partial charge in [0, 0.05) is 5.56 Å². The molecule has 0 aliphatic heterocycles. The lowest BCUT2D eigenvalue weighted by Gasteiger charge is -2.18. The molecule has 0 spiro atoms. The predicted octanol–water partition coefficient (Wildman–Crippen LogP) is 4.37. The number of methoxy groups -OCH3 is 1. The molecule has 1 saturated carbocycles. The normalized spacial score (nSPS) is 13.6. The Labute approximate surface area is 163 Å². The van der Waals surface area contributed by atoms with Crippen LogP contribution in [0.1, 0.15) is 34.7 Å². The molecule has 1 aliphatic carbocycles. The van der Waals surface area contributed by atoms with Gasteiger partial charge in [0.05, 0.1) is 18.4 Å². The van der Waals surface area contributed by atoms with Crippen LogP contribution >= 0.6 is 23.2 Å². The smallest absolute Gasteiger partial charge is 0.387 e. The van der Waals surface area contributed by atoms with Crippen molar-refractivity contribution in [2.45, 2.75) is 25.4 Å². The lowest BCUT2D eigenvalue weighted by molar-refractivity contribution is -0.605. The summed E-state index contributed by atoms with van der Waals surface area (Å²) in [6.45, 7) is -2.99. The summed E-state index contributed by atoms with van der Waals surface area (Å²) in [5.74, 6) is -0.520. The Kier molecular flexibility index (Phi) is 5.57. The largest absolute Gasteiger partial charge is 0.619 e. The molecule has 1 amide bonds. The number of aromatic nitrogens is 1. The number of anilines is 1. The molecule has 0 unspecified atom stereocenters. The van der Waals surface area contributed by atoms with Crippen LogP contribution in [0.25, 0.3) is 0 Å². The number of nitrogens with one attached hydrogen (secondary N) is 1. The number of benzene rings is 1. The van der Waals surface area contributed by atoms with Gasteiger partial charge in [-0.3, -0.25) is 4.79 Å². The van der Waals surface area contributed by atoms with E-state index < -0.39 is 12.5 Å². The number of ether oxygens (including phenoxy) is 2. The van der Waals surface area contributed by atoms with Crippen LogP contribution < -0.4 is 19.5 Å². The SMILES string of the molecule is COc1c(C(=O)Nc2c(Cl)c[n+]([O-])cc2Cl)ccc(OC(F)F)c1C1CC1. The number of halogens is 4. The number of rotatable bonds is 6. The Balaban J connectivity index is 1.99. The summed E-state index contributed by atoms with van der Waals surface area (Å²) >= 11 is 11.9. The third-order valence-electron chi connectivity index (χ3n) is 4.00. The van der Waals surface area contributed by atoms with Crippen molar-refractivity contribution in [1.82, 2.24) is 0 Å². The molecule has 1 aromatic heterocycles. The lowest BCUT2D eigenvalue weighted by Crippen LogP contribution is -2.25. The van der Waals surface area contributed by atoms with E-state index >= 15 is 0 Å². The molecule has 1 aliphatic rings. The highest BCUT2D eigenvalue weighted by Gasteiger charge is 2.33. The summed E-state index contributed by atoms with van der Waals surface area (Å²) < 4.78 is 35.7. The van der Waals surface area contributed by atoms with E-state index in [0.29, 0.717) is 10.3 Å². The number of hydrogen-bond acceptors (Lipinski definition) is 4. The van der Waals surface area contributed by atoms with Crippen LogP contribution in [0.4, 0.5) is 14.5 Å². The van der Waals surface area contributed by atoms with Gasteiger partial charge in [-0.15, -0.1) is 0 Å². The minimum atomic E-state index is -2.99. The molecule has 144 valence electrons. The van der Waals surface area contributed by atoms with Gasteiger partial charge < -0.3 is 20.0 Å². The molecule has 1 heterocycles. The quantitative estimate of drug-likeness (QED) is 0.558. The van der Waals surface area contributed by atoms with Crippen LogP contribution in [-0.2, 0) is 0 Å². The maximum absolute atomic E-state index is 12.7. The van der Waals surface area contributed by atoms with Crippen molar-refractivity contribution in [3.8, 4) is 11.5 Å². The molecular weight excluding hydrogens is 405 g/mol. The Bertz CT molecular complexity index is 868. The molecule has 0 radical (unpaired) electrons. The molecular formula is C17H14Cl2F2N2O4. The first-order valence-corrected chi connectivity index (χ1v) is 8.62. The second kappa shape index (κ2) is 7.74. The number of nitrogens with zero attached hydrogens (tertiary/aromatic N) is 1. The van der Waals surface area contributed by atoms with Gasteiger partial charge in [0.1, 0.15) is 21.5 Å². The van der Waals surface area contributed by atoms with Crippen molar-refractivity contribution in [3.63, 3.8) is 0 Å². The molecule has 1 N–H and O–H groups in total. The van der Waals surface area contributed by atoms with E-state index in [1.54, 1.807) is 0 Å². The fraction of sp³-hybridized carbons (Fsp3) is 0.294. The first kappa shape index (κ1) is 19.4. The maximum atomic E-state index is 12.7. The third kappa shape index (κ3) is 4.17. The van der Waals surface area contributed by atoms with Gasteiger partial charge in [-0.05, 0) is 30.9 Å². The van der Waals surface area contributed by atoms with Crippen LogP contribution in [0.3, 0.4) is 0 Å². The van der Waals surface area contributed by atoms with Crippen molar-refractivity contribution < 1.29 is 27.8 Å². The van der Waals surface area contributed by atoms with Gasteiger partial charge in [0.25, 0.3) is 5.91 Å². The summed E-state index contributed by atoms with van der Waals surface area (Å²) in [6.07, 6.45) is 3.63. The van der Waals surface area contributed by atoms with E-state index in [4.69, 9.17) is 27.9 Å². The average Bonchev–Trinajstić information content (AvgIpc) is 3.41. The molecule has 0 saturated heterocycles. The van der Waals surface area contributed by atoms with Crippen molar-refractivity contribution in [2.24, 2.45) is 0 Å². The van der Waals surface area contributed by atoms with E-state index in [9.17, 15) is 18.8 Å². The summed E-state index contributed by atoms with van der Waals surface area (Å²) in [7, 11) is 1.34. The highest BCUT2D eigenvalue weighted by Crippen LogP contribution is 2.50. The number of hydrogen-bond donors (Lipinski definition) is 1. The Morgan fingerprint density at radius 1 is 1.30 bits per heavy atom. The molecule has 2 aromatic rings. The van der Waals surface area contributed by atoms with Crippen LogP contribution in [0.15, 0.2) is 24.5 Å². The molecule has 3 rings (SSSR count). The fourth-order valence-electron chi connectivity index (χ4n) is 2.74. The van der Waals surface area contributed by atoms with E-state index in [2.05, 4.69) is 10.1 Å². The minimum Gasteiger partial charge on any atom is -0.619 e. The Morgan fingerprint density at radius 2 is 1.93 bits per heavy atom. The van der Waals surface area contributed by atoms with Crippen LogP contribution in [-0.4, -0.2) is 19.6 Å². The topological polar surface area (TPSA) is 74.5 Å². The van der Waals surface area contributed by atoms with Crippen molar-refractivity contribution in [1.29, 1.82) is 0 Å². The van der Waals surface area contributed by atoms with Gasteiger partial charge in [-0.2, -0.15) is 13.5 Å². The number of pyridine rings is 1. The predicted molar refractivity (Wildman–Crippen MR) is 95.0 cm³/mol.